The van der Waals surface area contributed by atoms with Gasteiger partial charge in [0.1, 0.15) is 0 Å². The molecule has 0 amide bonds. The molecule has 0 aliphatic carbocycles. The maximum absolute atomic E-state index is 7.04. The minimum atomic E-state index is -0.622. The van der Waals surface area contributed by atoms with Gasteiger partial charge in [0.15, 0.2) is 0 Å². The molecular weight excluding hydrogens is 1140 g/mol. The Morgan fingerprint density at radius 3 is 1.18 bits per heavy atom. The van der Waals surface area contributed by atoms with Crippen LogP contribution < -0.4 is 20.7 Å². The number of anilines is 6. The highest BCUT2D eigenvalue weighted by Gasteiger charge is 2.55. The van der Waals surface area contributed by atoms with Crippen molar-refractivity contribution in [3.63, 3.8) is 0 Å². The van der Waals surface area contributed by atoms with Gasteiger partial charge in [-0.05, 0) is 207 Å². The third-order valence-corrected chi connectivity index (χ3v) is 19.7. The van der Waals surface area contributed by atoms with Crippen LogP contribution in [0.1, 0.15) is 54.0 Å². The highest BCUT2D eigenvalue weighted by molar-refractivity contribution is 6.62. The molecule has 0 bridgehead atoms. The van der Waals surface area contributed by atoms with Crippen molar-refractivity contribution in [2.75, 3.05) is 9.80 Å². The highest BCUT2D eigenvalue weighted by Crippen LogP contribution is 2.45. The van der Waals surface area contributed by atoms with E-state index in [0.717, 1.165) is 84.0 Å². The van der Waals surface area contributed by atoms with E-state index in [1.165, 1.54) is 38.6 Å². The molecule has 13 aromatic rings. The Bertz CT molecular complexity index is 4790. The van der Waals surface area contributed by atoms with Crippen LogP contribution in [0.4, 0.5) is 34.1 Å². The Hall–Kier alpha value is -9.99. The Morgan fingerprint density at radius 2 is 0.656 bits per heavy atom. The van der Waals surface area contributed by atoms with Crippen LogP contribution in [-0.2, 0) is 25.0 Å². The number of aromatic nitrogens is 1. The molecular formula is C84H73B2N3O4. The van der Waals surface area contributed by atoms with Gasteiger partial charge in [-0.3, -0.25) is 0 Å². The average Bonchev–Trinajstić information content (AvgIpc) is 1.65. The molecule has 454 valence electrons. The Balaban J connectivity index is 0.685. The molecule has 1 atom stereocenters. The number of rotatable bonds is 15. The summed E-state index contributed by atoms with van der Waals surface area (Å²) in [5, 5.41) is 2.35. The van der Waals surface area contributed by atoms with Gasteiger partial charge in [0, 0.05) is 57.0 Å². The quantitative estimate of drug-likeness (QED) is 0.0954. The van der Waals surface area contributed by atoms with Crippen molar-refractivity contribution in [1.29, 1.82) is 0 Å². The molecule has 3 heterocycles. The zero-order chi connectivity index (χ0) is 63.5. The number of para-hydroxylation sites is 2. The van der Waals surface area contributed by atoms with E-state index in [-0.39, 0.29) is 0 Å². The molecule has 1 unspecified atom stereocenters. The van der Waals surface area contributed by atoms with Gasteiger partial charge < -0.3 is 33.0 Å². The summed E-state index contributed by atoms with van der Waals surface area (Å²) in [5.41, 5.74) is 20.1. The molecule has 15 rings (SSSR count). The second-order valence-electron chi connectivity index (χ2n) is 26.5. The summed E-state index contributed by atoms with van der Waals surface area (Å²) in [5.74, 6) is 0. The molecule has 2 fully saturated rings. The maximum Gasteiger partial charge on any atom is 0.494 e. The van der Waals surface area contributed by atoms with Gasteiger partial charge in [-0.25, -0.2) is 0 Å². The van der Waals surface area contributed by atoms with Crippen LogP contribution in [0, 0.1) is 0 Å². The SMILES string of the molecule is CC1(C)OB(c2ccc(-c3cccc(N(c4ccc(-c5ccccc5)cc4)c4ccc5c(c4)c4ccccc4n5-c4ccc(CC5(C)OB(c6ccc(-c7cccc(N(c8ccccc8)c8ccc(-c9ccccc9)cc8)c7)cc6)OC5(C)C)cc4)c3)cc2)OC1(C)C. The standard InChI is InChI=1S/C84H73B2N3O4/c1-81(2)82(3,4)91-85(90-81)68-43-35-64(36-44-68)67-26-20-30-75(56-67)88(72-51-41-63(42-52-72)61-23-13-9-14-24-61)76-53-54-80-78(57-76)77-31-17-18-32-79(77)89(80)73-47-33-59(34-48-73)58-84(7)83(5,6)92-86(93-84)69-45-37-65(38-46-69)66-25-19-29-74(55-66)87(70-27-15-10-16-28-70)71-49-39-62(40-50-71)60-21-11-8-12-22-60/h8-57H,58H2,1-7H3. The first kappa shape index (κ1) is 59.3. The Morgan fingerprint density at radius 1 is 0.290 bits per heavy atom. The van der Waals surface area contributed by atoms with Crippen LogP contribution in [0.2, 0.25) is 0 Å². The fourth-order valence-electron chi connectivity index (χ4n) is 13.3. The van der Waals surface area contributed by atoms with Crippen molar-refractivity contribution in [2.45, 2.75) is 77.3 Å². The van der Waals surface area contributed by atoms with Gasteiger partial charge in [0.05, 0.1) is 33.4 Å². The second-order valence-corrected chi connectivity index (χ2v) is 26.5. The molecule has 0 saturated carbocycles. The van der Waals surface area contributed by atoms with Gasteiger partial charge in [-0.15, -0.1) is 0 Å². The molecule has 7 nitrogen and oxygen atoms in total. The van der Waals surface area contributed by atoms with E-state index in [1.54, 1.807) is 0 Å². The lowest BCUT2D eigenvalue weighted by molar-refractivity contribution is -0.00877. The summed E-state index contributed by atoms with van der Waals surface area (Å²) in [6.45, 7) is 14.9. The lowest BCUT2D eigenvalue weighted by atomic mass is 9.78. The lowest BCUT2D eigenvalue weighted by Crippen LogP contribution is -2.46. The third-order valence-electron chi connectivity index (χ3n) is 19.7. The first-order chi connectivity index (χ1) is 45.1. The number of fused-ring (bicyclic) bond motifs is 3. The van der Waals surface area contributed by atoms with Crippen LogP contribution in [0.5, 0.6) is 0 Å². The second kappa shape index (κ2) is 23.9. The summed E-state index contributed by atoms with van der Waals surface area (Å²) in [6, 6.07) is 109. The summed E-state index contributed by atoms with van der Waals surface area (Å²) >= 11 is 0. The zero-order valence-electron chi connectivity index (χ0n) is 53.7. The number of nitrogens with zero attached hydrogens (tertiary/aromatic N) is 3. The van der Waals surface area contributed by atoms with E-state index in [0.29, 0.717) is 6.42 Å². The van der Waals surface area contributed by atoms with E-state index < -0.39 is 36.6 Å². The minimum absolute atomic E-state index is 0.414. The smallest absolute Gasteiger partial charge is 0.399 e. The van der Waals surface area contributed by atoms with Crippen molar-refractivity contribution in [2.24, 2.45) is 0 Å². The van der Waals surface area contributed by atoms with Gasteiger partial charge in [-0.2, -0.15) is 0 Å². The van der Waals surface area contributed by atoms with Gasteiger partial charge >= 0.3 is 14.2 Å². The topological polar surface area (TPSA) is 48.3 Å². The molecule has 2 aliphatic heterocycles. The minimum Gasteiger partial charge on any atom is -0.399 e. The summed E-state index contributed by atoms with van der Waals surface area (Å²) in [7, 11) is -0.952. The Labute approximate surface area is 547 Å². The van der Waals surface area contributed by atoms with Crippen LogP contribution in [-0.4, -0.2) is 41.2 Å². The van der Waals surface area contributed by atoms with Gasteiger partial charge in [0.25, 0.3) is 0 Å². The third kappa shape index (κ3) is 11.4. The molecule has 2 saturated heterocycles. The highest BCUT2D eigenvalue weighted by atomic mass is 16.7. The largest absolute Gasteiger partial charge is 0.494 e. The first-order valence-corrected chi connectivity index (χ1v) is 32.4. The zero-order valence-corrected chi connectivity index (χ0v) is 53.7. The molecule has 1 aromatic heterocycles. The monoisotopic (exact) mass is 1210 g/mol. The van der Waals surface area contributed by atoms with Crippen molar-refractivity contribution < 1.29 is 18.6 Å². The fraction of sp³-hybridized carbons (Fsp3) is 0.143. The Kier molecular flexibility index (Phi) is 15.3. The average molecular weight is 1210 g/mol. The normalized spacial score (nSPS) is 16.5. The van der Waals surface area contributed by atoms with Crippen LogP contribution in [0.15, 0.2) is 303 Å². The molecule has 93 heavy (non-hydrogen) atoms. The van der Waals surface area contributed by atoms with Gasteiger partial charge in [0.2, 0.25) is 0 Å². The molecule has 0 spiro atoms. The summed E-state index contributed by atoms with van der Waals surface area (Å²) in [4.78, 5) is 4.69. The molecule has 9 heteroatoms. The lowest BCUT2D eigenvalue weighted by Gasteiger charge is -2.36. The van der Waals surface area contributed by atoms with Gasteiger partial charge in [-0.1, -0.05) is 206 Å². The molecule has 0 radical (unpaired) electrons. The summed E-state index contributed by atoms with van der Waals surface area (Å²) < 4.78 is 29.1. The van der Waals surface area contributed by atoms with Crippen molar-refractivity contribution in [1.82, 2.24) is 4.57 Å². The number of hydrogen-bond acceptors (Lipinski definition) is 6. The number of benzene rings is 12. The van der Waals surface area contributed by atoms with E-state index in [2.05, 4.69) is 366 Å². The van der Waals surface area contributed by atoms with Crippen LogP contribution >= 0.6 is 0 Å². The fourth-order valence-corrected chi connectivity index (χ4v) is 13.3. The van der Waals surface area contributed by atoms with E-state index in [1.807, 2.05) is 0 Å². The van der Waals surface area contributed by atoms with E-state index >= 15 is 0 Å². The van der Waals surface area contributed by atoms with E-state index in [4.69, 9.17) is 18.6 Å². The van der Waals surface area contributed by atoms with Crippen LogP contribution in [0.25, 0.3) is 72.0 Å². The summed E-state index contributed by atoms with van der Waals surface area (Å²) in [6.07, 6.45) is 0.668. The van der Waals surface area contributed by atoms with Crippen LogP contribution in [0.3, 0.4) is 0 Å². The predicted molar refractivity (Wildman–Crippen MR) is 388 cm³/mol. The van der Waals surface area contributed by atoms with Crippen molar-refractivity contribution in [3.05, 3.63) is 309 Å². The van der Waals surface area contributed by atoms with Crippen molar-refractivity contribution >= 4 is 81.1 Å². The number of hydrogen-bond donors (Lipinski definition) is 0. The first-order valence-electron chi connectivity index (χ1n) is 32.4. The predicted octanol–water partition coefficient (Wildman–Crippen LogP) is 20.2. The van der Waals surface area contributed by atoms with E-state index in [9.17, 15) is 0 Å². The maximum atomic E-state index is 7.04. The molecule has 2 aliphatic rings. The molecule has 0 N–H and O–H groups in total. The van der Waals surface area contributed by atoms with Crippen molar-refractivity contribution in [3.8, 4) is 50.2 Å². The molecule has 12 aromatic carbocycles.